The summed E-state index contributed by atoms with van der Waals surface area (Å²) in [5, 5.41) is 23.2. The molecule has 0 spiro atoms. The van der Waals surface area contributed by atoms with Gasteiger partial charge in [-0.05, 0) is 35.0 Å². The van der Waals surface area contributed by atoms with Gasteiger partial charge in [-0.1, -0.05) is 18.1 Å². The molecular weight excluding hydrogens is 258 g/mol. The molecule has 0 radical (unpaired) electrons. The number of hydrogen-bond donors (Lipinski definition) is 2. The summed E-state index contributed by atoms with van der Waals surface area (Å²) in [5.74, 6) is 1.37. The molecule has 0 amide bonds. The number of nitrogens with zero attached hydrogens (tertiary/aromatic N) is 4. The second-order valence-corrected chi connectivity index (χ2v) is 4.29. The van der Waals surface area contributed by atoms with Gasteiger partial charge in [-0.25, -0.2) is 9.48 Å². The number of nitrogens with one attached hydrogen (secondary N) is 1. The standard InChI is InChI=1S/C13H13N5O2/c1-3-7-14-13(2,12(19)20)10-5-4-6-11(8-10)18-9-15-16-17-18/h1,4-6,8-9,14H,7H2,2H3,(H,19,20). The number of aromatic nitrogens is 4. The summed E-state index contributed by atoms with van der Waals surface area (Å²) in [5.41, 5.74) is -0.0492. The van der Waals surface area contributed by atoms with Crippen molar-refractivity contribution in [3.05, 3.63) is 36.2 Å². The molecule has 0 saturated carbocycles. The van der Waals surface area contributed by atoms with Crippen molar-refractivity contribution >= 4 is 5.97 Å². The van der Waals surface area contributed by atoms with Crippen molar-refractivity contribution in [3.8, 4) is 18.0 Å². The van der Waals surface area contributed by atoms with Gasteiger partial charge in [0.25, 0.3) is 0 Å². The number of aliphatic carboxylic acids is 1. The van der Waals surface area contributed by atoms with Crippen LogP contribution < -0.4 is 5.32 Å². The van der Waals surface area contributed by atoms with Gasteiger partial charge in [0, 0.05) is 0 Å². The van der Waals surface area contributed by atoms with Crippen LogP contribution in [0.15, 0.2) is 30.6 Å². The minimum absolute atomic E-state index is 0.151. The van der Waals surface area contributed by atoms with Crippen LogP contribution in [0.4, 0.5) is 0 Å². The van der Waals surface area contributed by atoms with Gasteiger partial charge in [0.15, 0.2) is 0 Å². The van der Waals surface area contributed by atoms with E-state index in [1.54, 1.807) is 31.2 Å². The lowest BCUT2D eigenvalue weighted by atomic mass is 9.91. The maximum atomic E-state index is 11.5. The van der Waals surface area contributed by atoms with E-state index in [9.17, 15) is 9.90 Å². The molecule has 2 rings (SSSR count). The molecule has 2 N–H and O–H groups in total. The van der Waals surface area contributed by atoms with Crippen LogP contribution in [0.1, 0.15) is 12.5 Å². The number of carbonyl (C=O) groups is 1. The Morgan fingerprint density at radius 2 is 2.40 bits per heavy atom. The first kappa shape index (κ1) is 13.7. The van der Waals surface area contributed by atoms with Crippen molar-refractivity contribution in [2.75, 3.05) is 6.54 Å². The van der Waals surface area contributed by atoms with E-state index in [4.69, 9.17) is 6.42 Å². The maximum Gasteiger partial charge on any atom is 0.328 e. The fourth-order valence-corrected chi connectivity index (χ4v) is 1.77. The summed E-state index contributed by atoms with van der Waals surface area (Å²) in [6, 6.07) is 6.94. The summed E-state index contributed by atoms with van der Waals surface area (Å²) >= 11 is 0. The smallest absolute Gasteiger partial charge is 0.328 e. The van der Waals surface area contributed by atoms with Gasteiger partial charge in [-0.15, -0.1) is 11.5 Å². The van der Waals surface area contributed by atoms with Crippen LogP contribution in [0.5, 0.6) is 0 Å². The lowest BCUT2D eigenvalue weighted by molar-refractivity contribution is -0.144. The van der Waals surface area contributed by atoms with E-state index in [0.717, 1.165) is 0 Å². The van der Waals surface area contributed by atoms with E-state index < -0.39 is 11.5 Å². The summed E-state index contributed by atoms with van der Waals surface area (Å²) in [7, 11) is 0. The molecule has 102 valence electrons. The van der Waals surface area contributed by atoms with E-state index in [1.165, 1.54) is 11.0 Å². The molecule has 0 saturated heterocycles. The van der Waals surface area contributed by atoms with Crippen molar-refractivity contribution in [2.24, 2.45) is 0 Å². The van der Waals surface area contributed by atoms with Crippen LogP contribution >= 0.6 is 0 Å². The minimum Gasteiger partial charge on any atom is -0.480 e. The number of terminal acetylenes is 1. The van der Waals surface area contributed by atoms with Gasteiger partial charge < -0.3 is 5.11 Å². The Morgan fingerprint density at radius 1 is 1.60 bits per heavy atom. The molecule has 1 aromatic heterocycles. The number of tetrazole rings is 1. The highest BCUT2D eigenvalue weighted by Crippen LogP contribution is 2.23. The van der Waals surface area contributed by atoms with Crippen LogP contribution in [-0.4, -0.2) is 37.8 Å². The van der Waals surface area contributed by atoms with E-state index in [2.05, 4.69) is 26.8 Å². The SMILES string of the molecule is C#CCNC(C)(C(=O)O)c1cccc(-n2cnnn2)c1. The first-order valence-corrected chi connectivity index (χ1v) is 5.83. The third-order valence-electron chi connectivity index (χ3n) is 3.01. The molecule has 7 nitrogen and oxygen atoms in total. The maximum absolute atomic E-state index is 11.5. The zero-order valence-electron chi connectivity index (χ0n) is 10.8. The average Bonchev–Trinajstić information content (AvgIpc) is 2.99. The third-order valence-corrected chi connectivity index (χ3v) is 3.01. The fourth-order valence-electron chi connectivity index (χ4n) is 1.77. The van der Waals surface area contributed by atoms with Gasteiger partial charge >= 0.3 is 5.97 Å². The third kappa shape index (κ3) is 2.50. The van der Waals surface area contributed by atoms with Crippen molar-refractivity contribution in [1.29, 1.82) is 0 Å². The molecule has 7 heteroatoms. The predicted octanol–water partition coefficient (Wildman–Crippen LogP) is 0.185. The second-order valence-electron chi connectivity index (χ2n) is 4.29. The Bertz CT molecular complexity index is 647. The lowest BCUT2D eigenvalue weighted by Crippen LogP contribution is -2.46. The normalized spacial score (nSPS) is 13.4. The molecule has 1 heterocycles. The monoisotopic (exact) mass is 271 g/mol. The summed E-state index contributed by atoms with van der Waals surface area (Å²) < 4.78 is 1.45. The summed E-state index contributed by atoms with van der Waals surface area (Å²) in [4.78, 5) is 11.5. The van der Waals surface area contributed by atoms with E-state index in [-0.39, 0.29) is 6.54 Å². The first-order chi connectivity index (χ1) is 9.58. The molecular formula is C13H13N5O2. The number of carboxylic acid groups (broad SMARTS) is 1. The van der Waals surface area contributed by atoms with Crippen molar-refractivity contribution in [1.82, 2.24) is 25.5 Å². The zero-order chi connectivity index (χ0) is 14.6. The van der Waals surface area contributed by atoms with Crippen molar-refractivity contribution in [3.63, 3.8) is 0 Å². The Kier molecular flexibility index (Phi) is 3.77. The van der Waals surface area contributed by atoms with Crippen LogP contribution in [-0.2, 0) is 10.3 Å². The number of hydrogen-bond acceptors (Lipinski definition) is 5. The highest BCUT2D eigenvalue weighted by molar-refractivity contribution is 5.80. The van der Waals surface area contributed by atoms with Crippen LogP contribution in [0.25, 0.3) is 5.69 Å². The molecule has 0 aliphatic carbocycles. The summed E-state index contributed by atoms with van der Waals surface area (Å²) in [6.45, 7) is 1.71. The Morgan fingerprint density at radius 3 is 3.00 bits per heavy atom. The molecule has 2 aromatic rings. The molecule has 20 heavy (non-hydrogen) atoms. The highest BCUT2D eigenvalue weighted by Gasteiger charge is 2.34. The predicted molar refractivity (Wildman–Crippen MR) is 71.0 cm³/mol. The van der Waals surface area contributed by atoms with Crippen molar-refractivity contribution in [2.45, 2.75) is 12.5 Å². The topological polar surface area (TPSA) is 92.9 Å². The molecule has 1 atom stereocenters. The van der Waals surface area contributed by atoms with Crippen LogP contribution in [0, 0.1) is 12.3 Å². The molecule has 0 aliphatic rings. The molecule has 1 aromatic carbocycles. The Hall–Kier alpha value is -2.72. The largest absolute Gasteiger partial charge is 0.480 e. The van der Waals surface area contributed by atoms with Gasteiger partial charge in [0.2, 0.25) is 0 Å². The summed E-state index contributed by atoms with van der Waals surface area (Å²) in [6.07, 6.45) is 6.62. The molecule has 1 unspecified atom stereocenters. The first-order valence-electron chi connectivity index (χ1n) is 5.83. The molecule has 0 bridgehead atoms. The van der Waals surface area contributed by atoms with Gasteiger partial charge in [0.1, 0.15) is 11.9 Å². The number of rotatable bonds is 5. The van der Waals surface area contributed by atoms with Crippen molar-refractivity contribution < 1.29 is 9.90 Å². The number of carboxylic acids is 1. The molecule has 0 aliphatic heterocycles. The van der Waals surface area contributed by atoms with Crippen LogP contribution in [0.3, 0.4) is 0 Å². The quantitative estimate of drug-likeness (QED) is 0.754. The number of benzene rings is 1. The van der Waals surface area contributed by atoms with E-state index in [0.29, 0.717) is 11.3 Å². The van der Waals surface area contributed by atoms with Gasteiger partial charge in [-0.2, -0.15) is 0 Å². The van der Waals surface area contributed by atoms with Gasteiger partial charge in [0.05, 0.1) is 12.2 Å². The fraction of sp³-hybridized carbons (Fsp3) is 0.231. The van der Waals surface area contributed by atoms with E-state index in [1.807, 2.05) is 0 Å². The lowest BCUT2D eigenvalue weighted by Gasteiger charge is -2.26. The average molecular weight is 271 g/mol. The Labute approximate surface area is 115 Å². The Balaban J connectivity index is 2.42. The van der Waals surface area contributed by atoms with Gasteiger partial charge in [-0.3, -0.25) is 5.32 Å². The van der Waals surface area contributed by atoms with Crippen LogP contribution in [0.2, 0.25) is 0 Å². The second kappa shape index (κ2) is 5.50. The van der Waals surface area contributed by atoms with E-state index >= 15 is 0 Å². The zero-order valence-corrected chi connectivity index (χ0v) is 10.8. The molecule has 0 fully saturated rings. The minimum atomic E-state index is -1.28. The highest BCUT2D eigenvalue weighted by atomic mass is 16.4.